The Morgan fingerprint density at radius 2 is 2.16 bits per heavy atom. The number of rotatable bonds is 4. The zero-order valence-corrected chi connectivity index (χ0v) is 10.4. The average Bonchev–Trinajstić information content (AvgIpc) is 2.83. The largest absolute Gasteiger partial charge is 0.497 e. The van der Waals surface area contributed by atoms with Crippen LogP contribution in [-0.2, 0) is 6.54 Å². The topological polar surface area (TPSA) is 105 Å². The number of benzene rings is 1. The molecule has 2 amide bonds. The molecule has 2 aromatic rings. The fourth-order valence-corrected chi connectivity index (χ4v) is 1.49. The highest BCUT2D eigenvalue weighted by Crippen LogP contribution is 2.14. The summed E-state index contributed by atoms with van der Waals surface area (Å²) in [5.74, 6) is 1.18. The number of hydrogen-bond acceptors (Lipinski definition) is 4. The second-order valence-corrected chi connectivity index (χ2v) is 3.85. The lowest BCUT2D eigenvalue weighted by Gasteiger charge is -2.07. The van der Waals surface area contributed by atoms with E-state index in [-0.39, 0.29) is 6.03 Å². The van der Waals surface area contributed by atoms with E-state index in [2.05, 4.69) is 20.8 Å². The standard InChI is InChI=1S/C12H15N5O2/c1-19-10-4-2-9(3-5-10)16-12(18)14-6-8-7-15-17-11(8)13/h2-5,7H,6H2,1H3,(H3,13,15,17)(H2,14,16,18). The van der Waals surface area contributed by atoms with Crippen LogP contribution in [0.25, 0.3) is 0 Å². The van der Waals surface area contributed by atoms with Crippen LogP contribution < -0.4 is 21.1 Å². The molecular weight excluding hydrogens is 246 g/mol. The molecule has 0 fully saturated rings. The summed E-state index contributed by atoms with van der Waals surface area (Å²) in [7, 11) is 1.59. The van der Waals surface area contributed by atoms with Crippen molar-refractivity contribution in [1.82, 2.24) is 15.5 Å². The molecule has 0 unspecified atom stereocenters. The summed E-state index contributed by atoms with van der Waals surface area (Å²) in [5, 5.41) is 11.7. The number of ether oxygens (including phenoxy) is 1. The molecular formula is C12H15N5O2. The van der Waals surface area contributed by atoms with Gasteiger partial charge in [0.05, 0.1) is 13.3 Å². The van der Waals surface area contributed by atoms with Crippen LogP contribution in [0.15, 0.2) is 30.5 Å². The predicted molar refractivity (Wildman–Crippen MR) is 71.9 cm³/mol. The van der Waals surface area contributed by atoms with Gasteiger partial charge in [0, 0.05) is 17.8 Å². The smallest absolute Gasteiger partial charge is 0.319 e. The number of carbonyl (C=O) groups excluding carboxylic acids is 1. The highest BCUT2D eigenvalue weighted by molar-refractivity contribution is 5.89. The maximum Gasteiger partial charge on any atom is 0.319 e. The van der Waals surface area contributed by atoms with E-state index in [1.807, 2.05) is 0 Å². The van der Waals surface area contributed by atoms with Gasteiger partial charge in [0.2, 0.25) is 0 Å². The van der Waals surface area contributed by atoms with Crippen LogP contribution in [-0.4, -0.2) is 23.3 Å². The maximum atomic E-state index is 11.6. The first-order chi connectivity index (χ1) is 9.19. The normalized spacial score (nSPS) is 9.95. The lowest BCUT2D eigenvalue weighted by molar-refractivity contribution is 0.252. The number of nitrogens with two attached hydrogens (primary N) is 1. The second-order valence-electron chi connectivity index (χ2n) is 3.85. The van der Waals surface area contributed by atoms with Crippen LogP contribution >= 0.6 is 0 Å². The average molecular weight is 261 g/mol. The highest BCUT2D eigenvalue weighted by atomic mass is 16.5. The van der Waals surface area contributed by atoms with E-state index in [9.17, 15) is 4.79 Å². The number of aromatic nitrogens is 2. The van der Waals surface area contributed by atoms with Gasteiger partial charge in [-0.3, -0.25) is 5.10 Å². The number of urea groups is 1. The van der Waals surface area contributed by atoms with Gasteiger partial charge in [-0.2, -0.15) is 5.10 Å². The van der Waals surface area contributed by atoms with E-state index >= 15 is 0 Å². The second kappa shape index (κ2) is 5.76. The number of anilines is 2. The number of nitrogens with one attached hydrogen (secondary N) is 3. The minimum atomic E-state index is -0.314. The molecule has 1 heterocycles. The lowest BCUT2D eigenvalue weighted by Crippen LogP contribution is -2.28. The van der Waals surface area contributed by atoms with Crippen molar-refractivity contribution in [2.45, 2.75) is 6.54 Å². The maximum absolute atomic E-state index is 11.6. The molecule has 1 aromatic heterocycles. The number of methoxy groups -OCH3 is 1. The van der Waals surface area contributed by atoms with Gasteiger partial charge in [0.1, 0.15) is 11.6 Å². The molecule has 100 valence electrons. The number of nitrogen functional groups attached to an aromatic ring is 1. The molecule has 7 heteroatoms. The fraction of sp³-hybridized carbons (Fsp3) is 0.167. The number of amides is 2. The molecule has 0 aliphatic rings. The van der Waals surface area contributed by atoms with Crippen molar-refractivity contribution >= 4 is 17.5 Å². The van der Waals surface area contributed by atoms with Gasteiger partial charge in [-0.25, -0.2) is 4.79 Å². The Bertz CT molecular complexity index is 550. The summed E-state index contributed by atoms with van der Waals surface area (Å²) < 4.78 is 5.03. The summed E-state index contributed by atoms with van der Waals surface area (Å²) >= 11 is 0. The molecule has 0 saturated carbocycles. The summed E-state index contributed by atoms with van der Waals surface area (Å²) in [6, 6.07) is 6.73. The Kier molecular flexibility index (Phi) is 3.87. The van der Waals surface area contributed by atoms with E-state index in [0.717, 1.165) is 11.3 Å². The third-order valence-electron chi connectivity index (χ3n) is 2.54. The molecule has 0 saturated heterocycles. The van der Waals surface area contributed by atoms with E-state index in [4.69, 9.17) is 10.5 Å². The Morgan fingerprint density at radius 1 is 1.42 bits per heavy atom. The monoisotopic (exact) mass is 261 g/mol. The van der Waals surface area contributed by atoms with Crippen LogP contribution in [0.1, 0.15) is 5.56 Å². The first kappa shape index (κ1) is 12.7. The number of carbonyl (C=O) groups is 1. The summed E-state index contributed by atoms with van der Waals surface area (Å²) in [5.41, 5.74) is 7.03. The first-order valence-electron chi connectivity index (χ1n) is 5.65. The molecule has 2 rings (SSSR count). The van der Waals surface area contributed by atoms with Crippen LogP contribution in [0.2, 0.25) is 0 Å². The molecule has 0 radical (unpaired) electrons. The van der Waals surface area contributed by atoms with Gasteiger partial charge in [-0.1, -0.05) is 0 Å². The van der Waals surface area contributed by atoms with E-state index in [1.54, 1.807) is 37.6 Å². The zero-order chi connectivity index (χ0) is 13.7. The third-order valence-corrected chi connectivity index (χ3v) is 2.54. The Balaban J connectivity index is 1.85. The van der Waals surface area contributed by atoms with Crippen molar-refractivity contribution in [3.05, 3.63) is 36.0 Å². The fourth-order valence-electron chi connectivity index (χ4n) is 1.49. The third kappa shape index (κ3) is 3.38. The molecule has 7 nitrogen and oxygen atoms in total. The van der Waals surface area contributed by atoms with Crippen molar-refractivity contribution in [2.75, 3.05) is 18.2 Å². The van der Waals surface area contributed by atoms with Crippen molar-refractivity contribution in [3.63, 3.8) is 0 Å². The van der Waals surface area contributed by atoms with Gasteiger partial charge >= 0.3 is 6.03 Å². The van der Waals surface area contributed by atoms with Crippen molar-refractivity contribution in [1.29, 1.82) is 0 Å². The van der Waals surface area contributed by atoms with E-state index in [0.29, 0.717) is 18.1 Å². The van der Waals surface area contributed by atoms with Gasteiger partial charge in [-0.05, 0) is 24.3 Å². The van der Waals surface area contributed by atoms with Crippen molar-refractivity contribution < 1.29 is 9.53 Å². The summed E-state index contributed by atoms with van der Waals surface area (Å²) in [6.45, 7) is 0.310. The minimum Gasteiger partial charge on any atom is -0.497 e. The van der Waals surface area contributed by atoms with Gasteiger partial charge in [0.15, 0.2) is 0 Å². The molecule has 0 atom stereocenters. The van der Waals surface area contributed by atoms with E-state index < -0.39 is 0 Å². The van der Waals surface area contributed by atoms with Crippen molar-refractivity contribution in [2.24, 2.45) is 0 Å². The Morgan fingerprint density at radius 3 is 2.74 bits per heavy atom. The van der Waals surface area contributed by atoms with Gasteiger partial charge in [-0.15, -0.1) is 0 Å². The number of H-pyrrole nitrogens is 1. The Hall–Kier alpha value is -2.70. The van der Waals surface area contributed by atoms with Crippen molar-refractivity contribution in [3.8, 4) is 5.75 Å². The predicted octanol–water partition coefficient (Wildman–Crippen LogP) is 1.32. The molecule has 1 aromatic carbocycles. The summed E-state index contributed by atoms with van der Waals surface area (Å²) in [6.07, 6.45) is 1.57. The van der Waals surface area contributed by atoms with Gasteiger partial charge in [0.25, 0.3) is 0 Å². The number of hydrogen-bond donors (Lipinski definition) is 4. The van der Waals surface area contributed by atoms with Crippen LogP contribution in [0.3, 0.4) is 0 Å². The summed E-state index contributed by atoms with van der Waals surface area (Å²) in [4.78, 5) is 11.6. The number of nitrogens with zero attached hydrogens (tertiary/aromatic N) is 1. The first-order valence-corrected chi connectivity index (χ1v) is 5.65. The molecule has 0 aliphatic carbocycles. The number of aromatic amines is 1. The minimum absolute atomic E-state index is 0.310. The highest BCUT2D eigenvalue weighted by Gasteiger charge is 2.05. The molecule has 19 heavy (non-hydrogen) atoms. The quantitative estimate of drug-likeness (QED) is 0.666. The molecule has 5 N–H and O–H groups in total. The molecule has 0 aliphatic heterocycles. The van der Waals surface area contributed by atoms with Crippen LogP contribution in [0, 0.1) is 0 Å². The Labute approximate surface area is 110 Å². The van der Waals surface area contributed by atoms with Gasteiger partial charge < -0.3 is 21.1 Å². The molecule has 0 bridgehead atoms. The van der Waals surface area contributed by atoms with Crippen LogP contribution in [0.5, 0.6) is 5.75 Å². The lowest BCUT2D eigenvalue weighted by atomic mass is 10.3. The zero-order valence-electron chi connectivity index (χ0n) is 10.4. The SMILES string of the molecule is COc1ccc(NC(=O)NCc2cn[nH]c2N)cc1. The molecule has 0 spiro atoms. The van der Waals surface area contributed by atoms with Crippen LogP contribution in [0.4, 0.5) is 16.3 Å². The van der Waals surface area contributed by atoms with E-state index in [1.165, 1.54) is 0 Å².